The second-order valence-corrected chi connectivity index (χ2v) is 12.2. The van der Waals surface area contributed by atoms with E-state index in [1.807, 2.05) is 79.7 Å². The Morgan fingerprint density at radius 2 is 1.05 bits per heavy atom. The molecular formula is C34H34BrO4P. The molecule has 0 heterocycles. The summed E-state index contributed by atoms with van der Waals surface area (Å²) in [6, 6.07) is 40.0. The molecule has 4 aromatic rings. The van der Waals surface area contributed by atoms with Crippen molar-refractivity contribution < 1.29 is 36.0 Å². The number of halogens is 1. The molecule has 0 amide bonds. The summed E-state index contributed by atoms with van der Waals surface area (Å²) < 4.78 is 11.8. The predicted octanol–water partition coefficient (Wildman–Crippen LogP) is 3.31. The minimum Gasteiger partial charge on any atom is -1.00 e. The highest BCUT2D eigenvalue weighted by molar-refractivity contribution is 7.98. The van der Waals surface area contributed by atoms with E-state index in [0.717, 1.165) is 15.9 Å². The van der Waals surface area contributed by atoms with Crippen LogP contribution in [0.1, 0.15) is 30.6 Å². The second-order valence-electron chi connectivity index (χ2n) is 8.99. The number of ether oxygens (including phenoxy) is 2. The molecule has 1 atom stereocenters. The maximum Gasteiger partial charge on any atom is 0.317 e. The van der Waals surface area contributed by atoms with Gasteiger partial charge in [0.2, 0.25) is 0 Å². The van der Waals surface area contributed by atoms with Crippen LogP contribution < -0.4 is 32.9 Å². The normalized spacial score (nSPS) is 12.1. The van der Waals surface area contributed by atoms with Gasteiger partial charge in [0.1, 0.15) is 40.7 Å². The molecule has 0 bridgehead atoms. The van der Waals surface area contributed by atoms with E-state index in [0.29, 0.717) is 17.9 Å². The van der Waals surface area contributed by atoms with Crippen molar-refractivity contribution in [2.75, 3.05) is 13.2 Å². The zero-order valence-corrected chi connectivity index (χ0v) is 25.3. The highest BCUT2D eigenvalue weighted by Gasteiger charge is 2.46. The van der Waals surface area contributed by atoms with Crippen LogP contribution in [-0.2, 0) is 14.3 Å². The number of carbonyl (C=O) groups is 2. The summed E-state index contributed by atoms with van der Waals surface area (Å²) in [6.07, 6.45) is -0.0486. The van der Waals surface area contributed by atoms with Gasteiger partial charge in [0, 0.05) is 12.0 Å². The van der Waals surface area contributed by atoms with E-state index >= 15 is 0 Å². The third kappa shape index (κ3) is 7.15. The molecule has 0 spiro atoms. The fourth-order valence-electron chi connectivity index (χ4n) is 4.72. The van der Waals surface area contributed by atoms with Crippen LogP contribution in [0.15, 0.2) is 133 Å². The molecule has 0 aliphatic heterocycles. The van der Waals surface area contributed by atoms with Gasteiger partial charge in [0.15, 0.2) is 5.78 Å². The highest BCUT2D eigenvalue weighted by Crippen LogP contribution is 2.58. The Bertz CT molecular complexity index is 1280. The molecule has 0 radical (unpaired) electrons. The SMILES string of the molecule is CCOC(=O)C(CC(=O)c1ccccc1)/C(=C/[P+](c1ccccc1)(c1ccccc1)c1ccccc1)OCC.[Br-]. The Labute approximate surface area is 248 Å². The average Bonchev–Trinajstić information content (AvgIpc) is 3.00. The van der Waals surface area contributed by atoms with Gasteiger partial charge in [-0.1, -0.05) is 84.9 Å². The van der Waals surface area contributed by atoms with Crippen molar-refractivity contribution in [3.05, 3.63) is 138 Å². The quantitative estimate of drug-likeness (QED) is 0.106. The first-order valence-electron chi connectivity index (χ1n) is 13.3. The molecule has 0 aromatic heterocycles. The first-order valence-corrected chi connectivity index (χ1v) is 15.1. The summed E-state index contributed by atoms with van der Waals surface area (Å²) >= 11 is 0. The number of ketones is 1. The van der Waals surface area contributed by atoms with E-state index in [4.69, 9.17) is 9.47 Å². The predicted molar refractivity (Wildman–Crippen MR) is 160 cm³/mol. The topological polar surface area (TPSA) is 52.6 Å². The van der Waals surface area contributed by atoms with E-state index in [1.54, 1.807) is 19.1 Å². The largest absolute Gasteiger partial charge is 1.00 e. The van der Waals surface area contributed by atoms with Crippen LogP contribution in [0.5, 0.6) is 0 Å². The van der Waals surface area contributed by atoms with Crippen molar-refractivity contribution in [3.8, 4) is 0 Å². The summed E-state index contributed by atoms with van der Waals surface area (Å²) in [7, 11) is -2.47. The fourth-order valence-corrected chi connectivity index (χ4v) is 8.62. The molecule has 4 aromatic carbocycles. The van der Waals surface area contributed by atoms with Gasteiger partial charge in [0.05, 0.1) is 13.2 Å². The highest BCUT2D eigenvalue weighted by atomic mass is 79.9. The minimum absolute atomic E-state index is 0. The molecule has 40 heavy (non-hydrogen) atoms. The Balaban J connectivity index is 0.00000441. The number of esters is 1. The lowest BCUT2D eigenvalue weighted by molar-refractivity contribution is -0.147. The number of hydrogen-bond acceptors (Lipinski definition) is 4. The van der Waals surface area contributed by atoms with Crippen LogP contribution in [0.3, 0.4) is 0 Å². The number of rotatable bonds is 12. The zero-order chi connectivity index (χ0) is 27.5. The van der Waals surface area contributed by atoms with Crippen LogP contribution in [0.25, 0.3) is 0 Å². The van der Waals surface area contributed by atoms with Crippen LogP contribution in [0.4, 0.5) is 0 Å². The monoisotopic (exact) mass is 616 g/mol. The molecular weight excluding hydrogens is 583 g/mol. The average molecular weight is 618 g/mol. The van der Waals surface area contributed by atoms with E-state index in [9.17, 15) is 9.59 Å². The number of Topliss-reactive ketones (excluding diaryl/α,β-unsaturated/α-hetero) is 1. The van der Waals surface area contributed by atoms with E-state index < -0.39 is 19.1 Å². The molecule has 6 heteroatoms. The van der Waals surface area contributed by atoms with Gasteiger partial charge >= 0.3 is 5.97 Å². The number of hydrogen-bond donors (Lipinski definition) is 0. The fraction of sp³-hybridized carbons (Fsp3) is 0.176. The van der Waals surface area contributed by atoms with Crippen molar-refractivity contribution in [3.63, 3.8) is 0 Å². The maximum atomic E-state index is 13.4. The summed E-state index contributed by atoms with van der Waals surface area (Å²) in [4.78, 5) is 26.8. The van der Waals surface area contributed by atoms with Gasteiger partial charge in [0.25, 0.3) is 0 Å². The Hall–Kier alpha value is -3.53. The lowest BCUT2D eigenvalue weighted by atomic mass is 9.97. The van der Waals surface area contributed by atoms with E-state index in [1.165, 1.54) is 0 Å². The lowest BCUT2D eigenvalue weighted by Crippen LogP contribution is -3.00. The Morgan fingerprint density at radius 3 is 1.45 bits per heavy atom. The van der Waals surface area contributed by atoms with Gasteiger partial charge in [-0.05, 0) is 50.2 Å². The smallest absolute Gasteiger partial charge is 0.317 e. The van der Waals surface area contributed by atoms with Crippen molar-refractivity contribution in [2.24, 2.45) is 5.92 Å². The summed E-state index contributed by atoms with van der Waals surface area (Å²) in [5.74, 6) is 1.10. The van der Waals surface area contributed by atoms with Crippen molar-refractivity contribution in [2.45, 2.75) is 20.3 Å². The van der Waals surface area contributed by atoms with Crippen LogP contribution >= 0.6 is 7.26 Å². The second kappa shape index (κ2) is 15.3. The molecule has 0 saturated heterocycles. The van der Waals surface area contributed by atoms with Crippen LogP contribution in [0.2, 0.25) is 0 Å². The molecule has 0 saturated carbocycles. The number of carbonyl (C=O) groups excluding carboxylic acids is 2. The molecule has 0 aliphatic carbocycles. The summed E-state index contributed by atoms with van der Waals surface area (Å²) in [5, 5.41) is 3.37. The van der Waals surface area contributed by atoms with Gasteiger partial charge < -0.3 is 26.5 Å². The van der Waals surface area contributed by atoms with E-state index in [2.05, 4.69) is 42.2 Å². The minimum atomic E-state index is -2.47. The third-order valence-electron chi connectivity index (χ3n) is 6.52. The van der Waals surface area contributed by atoms with Gasteiger partial charge in [-0.2, -0.15) is 0 Å². The maximum absolute atomic E-state index is 13.4. The summed E-state index contributed by atoms with van der Waals surface area (Å²) in [5.41, 5.74) is 0.554. The lowest BCUT2D eigenvalue weighted by Gasteiger charge is -2.27. The Morgan fingerprint density at radius 1 is 0.650 bits per heavy atom. The van der Waals surface area contributed by atoms with E-state index in [-0.39, 0.29) is 35.8 Å². The molecule has 0 N–H and O–H groups in total. The molecule has 0 fully saturated rings. The van der Waals surface area contributed by atoms with Crippen molar-refractivity contribution in [1.29, 1.82) is 0 Å². The van der Waals surface area contributed by atoms with Crippen molar-refractivity contribution >= 4 is 34.9 Å². The van der Waals surface area contributed by atoms with Gasteiger partial charge in [-0.25, -0.2) is 0 Å². The molecule has 0 aliphatic rings. The first kappa shape index (κ1) is 31.0. The van der Waals surface area contributed by atoms with Gasteiger partial charge in [-0.3, -0.25) is 9.59 Å². The first-order chi connectivity index (χ1) is 19.1. The number of benzene rings is 4. The zero-order valence-electron chi connectivity index (χ0n) is 22.8. The third-order valence-corrected chi connectivity index (χ3v) is 10.5. The molecule has 4 rings (SSSR count). The molecule has 1 unspecified atom stereocenters. The Kier molecular flexibility index (Phi) is 11.9. The molecule has 4 nitrogen and oxygen atoms in total. The standard InChI is InChI=1S/C34H34O4P.BrH/c1-3-37-33(31(34(36)38-4-2)25-32(35)27-17-9-5-10-18-27)26-39(28-19-11-6-12-20-28,29-21-13-7-14-22-29)30-23-15-8-16-24-30;/h5-24,26,31H,3-4,25H2,1-2H3;1H/q+1;/p-1/b33-26-;. The van der Waals surface area contributed by atoms with Crippen LogP contribution in [-0.4, -0.2) is 25.0 Å². The molecule has 206 valence electrons. The van der Waals surface area contributed by atoms with Crippen LogP contribution in [0, 0.1) is 5.92 Å². The van der Waals surface area contributed by atoms with Gasteiger partial charge in [-0.15, -0.1) is 0 Å². The summed E-state index contributed by atoms with van der Waals surface area (Å²) in [6.45, 7) is 4.22. The van der Waals surface area contributed by atoms with Crippen molar-refractivity contribution in [1.82, 2.24) is 0 Å².